The average molecular weight is 404 g/mol. The molecule has 1 aliphatic rings. The van der Waals surface area contributed by atoms with E-state index >= 15 is 0 Å². The van der Waals surface area contributed by atoms with Crippen molar-refractivity contribution in [3.63, 3.8) is 0 Å². The van der Waals surface area contributed by atoms with E-state index in [1.165, 1.54) is 0 Å². The Morgan fingerprint density at radius 2 is 2.03 bits per heavy atom. The summed E-state index contributed by atoms with van der Waals surface area (Å²) < 4.78 is 8.51. The van der Waals surface area contributed by atoms with Gasteiger partial charge in [0.05, 0.1) is 23.0 Å². The number of nitrogens with one attached hydrogen (secondary N) is 1. The van der Waals surface area contributed by atoms with Crippen molar-refractivity contribution in [3.05, 3.63) is 65.9 Å². The summed E-state index contributed by atoms with van der Waals surface area (Å²) in [7, 11) is 0. The van der Waals surface area contributed by atoms with Crippen LogP contribution in [0, 0.1) is 0 Å². The molecule has 1 N–H and O–H groups in total. The van der Waals surface area contributed by atoms with Gasteiger partial charge in [0.1, 0.15) is 11.6 Å². The zero-order valence-corrected chi connectivity index (χ0v) is 16.8. The Morgan fingerprint density at radius 3 is 2.83 bits per heavy atom. The summed E-state index contributed by atoms with van der Waals surface area (Å²) in [6.45, 7) is 2.78. The molecule has 2 aromatic carbocycles. The Balaban J connectivity index is 1.51. The number of benzene rings is 2. The topological polar surface area (TPSA) is 69.0 Å². The number of carbonyl (C=O) groups is 1. The zero-order chi connectivity index (χ0) is 19.8. The first-order valence-corrected chi connectivity index (χ1v) is 10.5. The lowest BCUT2D eigenvalue weighted by molar-refractivity contribution is -0.116. The first kappa shape index (κ1) is 17.9. The number of amides is 1. The van der Waals surface area contributed by atoms with Gasteiger partial charge in [-0.1, -0.05) is 42.5 Å². The van der Waals surface area contributed by atoms with E-state index < -0.39 is 0 Å². The van der Waals surface area contributed by atoms with Crippen LogP contribution in [0.25, 0.3) is 15.3 Å². The number of hydrogen-bond acceptors (Lipinski definition) is 5. The maximum atomic E-state index is 12.5. The van der Waals surface area contributed by atoms with E-state index in [1.54, 1.807) is 16.0 Å². The molecule has 1 amide bonds. The molecule has 6 nitrogen and oxygen atoms in total. The summed E-state index contributed by atoms with van der Waals surface area (Å²) >= 11 is 1.56. The predicted molar refractivity (Wildman–Crippen MR) is 114 cm³/mol. The number of rotatable bonds is 5. The van der Waals surface area contributed by atoms with Gasteiger partial charge >= 0.3 is 0 Å². The van der Waals surface area contributed by atoms with Crippen molar-refractivity contribution in [2.45, 2.75) is 25.7 Å². The number of para-hydroxylation sites is 1. The van der Waals surface area contributed by atoms with Gasteiger partial charge in [0.25, 0.3) is 0 Å². The highest BCUT2D eigenvalue weighted by Gasteiger charge is 2.31. The van der Waals surface area contributed by atoms with E-state index in [1.807, 2.05) is 54.7 Å². The maximum Gasteiger partial charge on any atom is 0.226 e. The molecule has 1 atom stereocenters. The van der Waals surface area contributed by atoms with Crippen LogP contribution >= 0.6 is 11.3 Å². The SMILES string of the molecule is CCCOc1ccc([C@@H]2CC(=O)Nc3c2cnn3-c2nc3ccccc3s2)cc1. The van der Waals surface area contributed by atoms with Gasteiger partial charge in [0.15, 0.2) is 0 Å². The van der Waals surface area contributed by atoms with Crippen molar-refractivity contribution in [1.29, 1.82) is 0 Å². The Morgan fingerprint density at radius 1 is 1.21 bits per heavy atom. The van der Waals surface area contributed by atoms with Gasteiger partial charge in [-0.2, -0.15) is 9.78 Å². The Hall–Kier alpha value is -3.19. The smallest absolute Gasteiger partial charge is 0.226 e. The molecule has 0 spiro atoms. The van der Waals surface area contributed by atoms with Crippen LogP contribution in [0.1, 0.15) is 36.8 Å². The lowest BCUT2D eigenvalue weighted by atomic mass is 9.87. The predicted octanol–water partition coefficient (Wildman–Crippen LogP) is 4.74. The molecule has 0 aliphatic carbocycles. The molecule has 1 aliphatic heterocycles. The normalized spacial score (nSPS) is 15.9. The van der Waals surface area contributed by atoms with Crippen LogP contribution in [-0.2, 0) is 4.79 Å². The second-order valence-corrected chi connectivity index (χ2v) is 8.06. The van der Waals surface area contributed by atoms with Crippen molar-refractivity contribution in [2.75, 3.05) is 11.9 Å². The Labute approximate surface area is 172 Å². The average Bonchev–Trinajstić information content (AvgIpc) is 3.35. The number of hydrogen-bond donors (Lipinski definition) is 1. The van der Waals surface area contributed by atoms with Gasteiger partial charge in [-0.05, 0) is 36.2 Å². The highest BCUT2D eigenvalue weighted by Crippen LogP contribution is 2.39. The van der Waals surface area contributed by atoms with Crippen molar-refractivity contribution >= 4 is 33.3 Å². The molecular formula is C22H20N4O2S. The molecule has 146 valence electrons. The number of nitrogens with zero attached hydrogens (tertiary/aromatic N) is 3. The third kappa shape index (κ3) is 3.27. The largest absolute Gasteiger partial charge is 0.494 e. The fourth-order valence-corrected chi connectivity index (χ4v) is 4.56. The maximum absolute atomic E-state index is 12.5. The molecule has 0 radical (unpaired) electrons. The van der Waals surface area contributed by atoms with Crippen molar-refractivity contribution < 1.29 is 9.53 Å². The van der Waals surface area contributed by atoms with Crippen LogP contribution in [0.5, 0.6) is 5.75 Å². The van der Waals surface area contributed by atoms with E-state index in [2.05, 4.69) is 22.3 Å². The number of fused-ring (bicyclic) bond motifs is 2. The molecule has 0 bridgehead atoms. The van der Waals surface area contributed by atoms with Gasteiger partial charge in [-0.25, -0.2) is 4.98 Å². The number of thiazole rings is 1. The van der Waals surface area contributed by atoms with Gasteiger partial charge < -0.3 is 10.1 Å². The van der Waals surface area contributed by atoms with E-state index in [0.29, 0.717) is 18.8 Å². The summed E-state index contributed by atoms with van der Waals surface area (Å²) in [5, 5.41) is 8.30. The number of aromatic nitrogens is 3. The molecule has 3 heterocycles. The van der Waals surface area contributed by atoms with Crippen molar-refractivity contribution in [3.8, 4) is 10.9 Å². The quantitative estimate of drug-likeness (QED) is 0.521. The fourth-order valence-electron chi connectivity index (χ4n) is 3.63. The minimum Gasteiger partial charge on any atom is -0.494 e. The molecule has 0 saturated carbocycles. The molecule has 4 aromatic rings. The highest BCUT2D eigenvalue weighted by molar-refractivity contribution is 7.20. The molecule has 0 unspecified atom stereocenters. The fraction of sp³-hybridized carbons (Fsp3) is 0.227. The Bertz CT molecular complexity index is 1150. The van der Waals surface area contributed by atoms with E-state index in [4.69, 9.17) is 4.74 Å². The first-order chi connectivity index (χ1) is 14.2. The monoisotopic (exact) mass is 404 g/mol. The van der Waals surface area contributed by atoms with E-state index in [-0.39, 0.29) is 11.8 Å². The first-order valence-electron chi connectivity index (χ1n) is 9.69. The second-order valence-electron chi connectivity index (χ2n) is 7.05. The van der Waals surface area contributed by atoms with Gasteiger partial charge in [0, 0.05) is 17.9 Å². The summed E-state index contributed by atoms with van der Waals surface area (Å²) in [4.78, 5) is 17.2. The van der Waals surface area contributed by atoms with Gasteiger partial charge in [-0.15, -0.1) is 0 Å². The molecular weight excluding hydrogens is 384 g/mol. The standard InChI is InChI=1S/C22H20N4O2S/c1-2-11-28-15-9-7-14(8-10-15)16-12-20(27)25-21-17(16)13-23-26(21)22-24-18-5-3-4-6-19(18)29-22/h3-10,13,16H,2,11-12H2,1H3,(H,25,27)/t16-/m0/s1. The molecule has 29 heavy (non-hydrogen) atoms. The van der Waals surface area contributed by atoms with Crippen LogP contribution in [0.2, 0.25) is 0 Å². The summed E-state index contributed by atoms with van der Waals surface area (Å²) in [6.07, 6.45) is 3.21. The van der Waals surface area contributed by atoms with Crippen LogP contribution in [0.4, 0.5) is 5.82 Å². The zero-order valence-electron chi connectivity index (χ0n) is 16.0. The third-order valence-corrected chi connectivity index (χ3v) is 6.05. The van der Waals surface area contributed by atoms with Crippen LogP contribution < -0.4 is 10.1 Å². The number of ether oxygens (including phenoxy) is 1. The molecule has 7 heteroatoms. The Kier molecular flexibility index (Phi) is 4.52. The number of anilines is 1. The van der Waals surface area contributed by atoms with E-state index in [9.17, 15) is 4.79 Å². The third-order valence-electron chi connectivity index (χ3n) is 5.04. The number of carbonyl (C=O) groups excluding carboxylic acids is 1. The van der Waals surface area contributed by atoms with Crippen LogP contribution in [0.3, 0.4) is 0 Å². The second kappa shape index (κ2) is 7.33. The lowest BCUT2D eigenvalue weighted by Gasteiger charge is -2.23. The van der Waals surface area contributed by atoms with E-state index in [0.717, 1.165) is 38.6 Å². The van der Waals surface area contributed by atoms with Crippen LogP contribution in [-0.4, -0.2) is 27.3 Å². The minimum atomic E-state index is -0.0397. The molecule has 5 rings (SSSR count). The summed E-state index contributed by atoms with van der Waals surface area (Å²) in [6, 6.07) is 16.0. The molecule has 2 aromatic heterocycles. The lowest BCUT2D eigenvalue weighted by Crippen LogP contribution is -2.24. The summed E-state index contributed by atoms with van der Waals surface area (Å²) in [5.41, 5.74) is 3.01. The van der Waals surface area contributed by atoms with Gasteiger partial charge in [-0.3, -0.25) is 4.79 Å². The van der Waals surface area contributed by atoms with Crippen LogP contribution in [0.15, 0.2) is 54.7 Å². The summed E-state index contributed by atoms with van der Waals surface area (Å²) in [5.74, 6) is 1.50. The molecule has 0 fully saturated rings. The highest BCUT2D eigenvalue weighted by atomic mass is 32.1. The van der Waals surface area contributed by atoms with Gasteiger partial charge in [0.2, 0.25) is 11.0 Å². The van der Waals surface area contributed by atoms with Crippen molar-refractivity contribution in [1.82, 2.24) is 14.8 Å². The minimum absolute atomic E-state index is 0.0170. The van der Waals surface area contributed by atoms with Crippen molar-refractivity contribution in [2.24, 2.45) is 0 Å². The molecule has 0 saturated heterocycles.